The van der Waals surface area contributed by atoms with Crippen LogP contribution in [0.3, 0.4) is 0 Å². The van der Waals surface area contributed by atoms with Gasteiger partial charge in [-0.25, -0.2) is 0 Å². The SMILES string of the molecule is CCOCC[CH2][Sn]([Cl])([c]1ccccc1)[c]1ccccc1. The van der Waals surface area contributed by atoms with Crippen LogP contribution in [-0.4, -0.2) is 30.5 Å². The van der Waals surface area contributed by atoms with Gasteiger partial charge >= 0.3 is 130 Å². The Bertz CT molecular complexity index is 461. The van der Waals surface area contributed by atoms with Crippen molar-refractivity contribution in [3.8, 4) is 0 Å². The molecule has 20 heavy (non-hydrogen) atoms. The van der Waals surface area contributed by atoms with Crippen LogP contribution in [0.15, 0.2) is 60.7 Å². The van der Waals surface area contributed by atoms with Gasteiger partial charge in [0.2, 0.25) is 0 Å². The third-order valence-electron chi connectivity index (χ3n) is 3.48. The summed E-state index contributed by atoms with van der Waals surface area (Å²) in [6, 6.07) is 21.2. The zero-order valence-electron chi connectivity index (χ0n) is 11.9. The molecule has 3 heteroatoms. The molecule has 0 aliphatic heterocycles. The molecular formula is C17H21ClOSn. The molecule has 0 N–H and O–H groups in total. The monoisotopic (exact) mass is 396 g/mol. The molecule has 0 heterocycles. The molecule has 2 aromatic carbocycles. The Morgan fingerprint density at radius 1 is 0.900 bits per heavy atom. The van der Waals surface area contributed by atoms with E-state index in [-0.39, 0.29) is 0 Å². The van der Waals surface area contributed by atoms with Gasteiger partial charge in [0, 0.05) is 0 Å². The minimum atomic E-state index is -3.02. The number of hydrogen-bond acceptors (Lipinski definition) is 1. The Morgan fingerprint density at radius 3 is 1.85 bits per heavy atom. The molecule has 0 unspecified atom stereocenters. The summed E-state index contributed by atoms with van der Waals surface area (Å²) in [5.74, 6) is 0. The summed E-state index contributed by atoms with van der Waals surface area (Å²) >= 11 is -3.02. The van der Waals surface area contributed by atoms with Gasteiger partial charge in [0.15, 0.2) is 0 Å². The summed E-state index contributed by atoms with van der Waals surface area (Å²) in [6.45, 7) is 3.62. The summed E-state index contributed by atoms with van der Waals surface area (Å²) in [5, 5.41) is 0. The van der Waals surface area contributed by atoms with Crippen molar-refractivity contribution >= 4 is 33.3 Å². The summed E-state index contributed by atoms with van der Waals surface area (Å²) in [4.78, 5) is 0. The third-order valence-corrected chi connectivity index (χ3v) is 17.8. The fourth-order valence-electron chi connectivity index (χ4n) is 2.42. The first-order valence-corrected chi connectivity index (χ1v) is 15.6. The van der Waals surface area contributed by atoms with Gasteiger partial charge in [-0.3, -0.25) is 0 Å². The second-order valence-corrected chi connectivity index (χ2v) is 18.5. The number of benzene rings is 2. The predicted molar refractivity (Wildman–Crippen MR) is 89.7 cm³/mol. The van der Waals surface area contributed by atoms with E-state index in [0.29, 0.717) is 0 Å². The molecule has 0 fully saturated rings. The first kappa shape index (κ1) is 15.9. The van der Waals surface area contributed by atoms with Gasteiger partial charge in [-0.1, -0.05) is 0 Å². The molecule has 0 aromatic heterocycles. The van der Waals surface area contributed by atoms with Crippen LogP contribution in [0.1, 0.15) is 13.3 Å². The molecule has 0 bridgehead atoms. The molecular weight excluding hydrogens is 374 g/mol. The van der Waals surface area contributed by atoms with Crippen LogP contribution in [0.25, 0.3) is 0 Å². The second kappa shape index (κ2) is 8.06. The van der Waals surface area contributed by atoms with Gasteiger partial charge in [-0.05, 0) is 0 Å². The Kier molecular flexibility index (Phi) is 6.39. The standard InChI is InChI=1S/2C6H5.C5H11O.ClH.Sn/c2*1-2-4-6-5-3-1;1-3-5-6-4-2;;/h2*1-5H;1,3-5H2,2H3;1H;/q;;;;+1/p-1. The van der Waals surface area contributed by atoms with Crippen LogP contribution in [-0.2, 0) is 4.74 Å². The minimum absolute atomic E-state index is 0.779. The normalized spacial score (nSPS) is 11.5. The van der Waals surface area contributed by atoms with Crippen molar-refractivity contribution in [3.05, 3.63) is 60.7 Å². The first-order valence-electron chi connectivity index (χ1n) is 7.15. The van der Waals surface area contributed by atoms with Gasteiger partial charge in [0.05, 0.1) is 0 Å². The van der Waals surface area contributed by atoms with Gasteiger partial charge in [0.25, 0.3) is 0 Å². The van der Waals surface area contributed by atoms with Crippen molar-refractivity contribution < 1.29 is 4.74 Å². The Labute approximate surface area is 129 Å². The van der Waals surface area contributed by atoms with E-state index >= 15 is 0 Å². The van der Waals surface area contributed by atoms with Gasteiger partial charge < -0.3 is 0 Å². The Balaban J connectivity index is 2.24. The number of rotatable bonds is 7. The molecule has 106 valence electrons. The van der Waals surface area contributed by atoms with Gasteiger partial charge in [-0.2, -0.15) is 0 Å². The van der Waals surface area contributed by atoms with E-state index < -0.39 is 17.3 Å². The molecule has 0 spiro atoms. The topological polar surface area (TPSA) is 9.23 Å². The molecule has 0 amide bonds. The second-order valence-electron chi connectivity index (χ2n) is 4.83. The van der Waals surface area contributed by atoms with Crippen molar-refractivity contribution in [2.75, 3.05) is 13.2 Å². The van der Waals surface area contributed by atoms with Crippen molar-refractivity contribution in [2.45, 2.75) is 17.8 Å². The fraction of sp³-hybridized carbons (Fsp3) is 0.294. The molecule has 0 saturated heterocycles. The quantitative estimate of drug-likeness (QED) is 0.516. The molecule has 0 saturated carbocycles. The van der Waals surface area contributed by atoms with E-state index in [9.17, 15) is 0 Å². The molecule has 2 aromatic rings. The van der Waals surface area contributed by atoms with E-state index in [4.69, 9.17) is 13.7 Å². The number of ether oxygens (including phenoxy) is 1. The molecule has 0 aliphatic rings. The Morgan fingerprint density at radius 2 is 1.40 bits per heavy atom. The van der Waals surface area contributed by atoms with Crippen molar-refractivity contribution in [1.82, 2.24) is 0 Å². The number of halogens is 1. The first-order chi connectivity index (χ1) is 9.77. The molecule has 0 radical (unpaired) electrons. The molecule has 1 nitrogen and oxygen atoms in total. The zero-order valence-corrected chi connectivity index (χ0v) is 15.5. The molecule has 2 rings (SSSR count). The summed E-state index contributed by atoms with van der Waals surface area (Å²) in [7, 11) is 7.22. The average molecular weight is 396 g/mol. The third kappa shape index (κ3) is 4.00. The number of hydrogen-bond donors (Lipinski definition) is 0. The van der Waals surface area contributed by atoms with Crippen molar-refractivity contribution in [3.63, 3.8) is 0 Å². The Hall–Kier alpha value is -0.511. The van der Waals surface area contributed by atoms with E-state index in [1.54, 1.807) is 0 Å². The molecule has 0 atom stereocenters. The van der Waals surface area contributed by atoms with E-state index in [1.807, 2.05) is 6.92 Å². The van der Waals surface area contributed by atoms with Crippen LogP contribution in [0.5, 0.6) is 0 Å². The van der Waals surface area contributed by atoms with Crippen molar-refractivity contribution in [2.24, 2.45) is 0 Å². The van der Waals surface area contributed by atoms with Crippen LogP contribution in [0, 0.1) is 0 Å². The van der Waals surface area contributed by atoms with E-state index in [1.165, 1.54) is 7.16 Å². The van der Waals surface area contributed by atoms with Crippen LogP contribution < -0.4 is 7.16 Å². The fourth-order valence-corrected chi connectivity index (χ4v) is 13.5. The maximum absolute atomic E-state index is 7.22. The van der Waals surface area contributed by atoms with Crippen LogP contribution in [0.4, 0.5) is 0 Å². The summed E-state index contributed by atoms with van der Waals surface area (Å²) in [5.41, 5.74) is 0. The predicted octanol–water partition coefficient (Wildman–Crippen LogP) is 3.41. The van der Waals surface area contributed by atoms with Gasteiger partial charge in [0.1, 0.15) is 0 Å². The molecule has 0 aliphatic carbocycles. The van der Waals surface area contributed by atoms with Crippen LogP contribution >= 0.6 is 8.92 Å². The van der Waals surface area contributed by atoms with E-state index in [0.717, 1.165) is 24.1 Å². The summed E-state index contributed by atoms with van der Waals surface area (Å²) < 4.78 is 9.26. The van der Waals surface area contributed by atoms with Crippen molar-refractivity contribution in [1.29, 1.82) is 0 Å². The maximum atomic E-state index is 7.22. The van der Waals surface area contributed by atoms with Gasteiger partial charge in [-0.15, -0.1) is 0 Å². The average Bonchev–Trinajstić information content (AvgIpc) is 2.53. The zero-order chi connectivity index (χ0) is 14.3. The van der Waals surface area contributed by atoms with Crippen LogP contribution in [0.2, 0.25) is 4.44 Å². The summed E-state index contributed by atoms with van der Waals surface area (Å²) in [6.07, 6.45) is 1.04. The van der Waals surface area contributed by atoms with E-state index in [2.05, 4.69) is 60.7 Å².